The Morgan fingerprint density at radius 1 is 1.58 bits per heavy atom. The van der Waals surface area contributed by atoms with Crippen LogP contribution in [0, 0.1) is 5.92 Å². The minimum atomic E-state index is 0.287. The van der Waals surface area contributed by atoms with Gasteiger partial charge in [0.25, 0.3) is 0 Å². The molecule has 0 bridgehead atoms. The molecule has 1 heterocycles. The zero-order chi connectivity index (χ0) is 8.97. The van der Waals surface area contributed by atoms with Crippen LogP contribution in [0.3, 0.4) is 0 Å². The maximum atomic E-state index is 6.06. The molecule has 0 radical (unpaired) electrons. The van der Waals surface area contributed by atoms with E-state index in [4.69, 9.17) is 11.6 Å². The van der Waals surface area contributed by atoms with E-state index in [0.29, 0.717) is 5.92 Å². The maximum absolute atomic E-state index is 6.06. The predicted molar refractivity (Wildman–Crippen MR) is 57.1 cm³/mol. The minimum absolute atomic E-state index is 0.287. The Bertz CT molecular complexity index is 204. The van der Waals surface area contributed by atoms with Crippen LogP contribution in [-0.4, -0.2) is 5.38 Å². The maximum Gasteiger partial charge on any atom is 0.0339 e. The fraction of sp³-hybridized carbons (Fsp3) is 0.600. The van der Waals surface area contributed by atoms with E-state index >= 15 is 0 Å². The first-order valence-electron chi connectivity index (χ1n) is 4.39. The molecule has 0 saturated heterocycles. The van der Waals surface area contributed by atoms with Gasteiger partial charge in [-0.05, 0) is 41.7 Å². The summed E-state index contributed by atoms with van der Waals surface area (Å²) < 4.78 is 0. The van der Waals surface area contributed by atoms with E-state index in [0.717, 1.165) is 6.42 Å². The van der Waals surface area contributed by atoms with Crippen LogP contribution >= 0.6 is 22.9 Å². The molecule has 2 atom stereocenters. The fourth-order valence-electron chi connectivity index (χ4n) is 1.34. The van der Waals surface area contributed by atoms with Crippen molar-refractivity contribution in [3.63, 3.8) is 0 Å². The van der Waals surface area contributed by atoms with Crippen LogP contribution in [0.5, 0.6) is 0 Å². The molecule has 0 aromatic carbocycles. The molecule has 0 amide bonds. The van der Waals surface area contributed by atoms with Crippen molar-refractivity contribution in [2.45, 2.75) is 32.1 Å². The standard InChI is InChI=1S/C10H15ClS/c1-3-10(8(2)11)6-9-4-5-12-7-9/h4-5,7-8,10H,3,6H2,1-2H3. The van der Waals surface area contributed by atoms with Gasteiger partial charge in [0.05, 0.1) is 0 Å². The third-order valence-corrected chi connectivity index (χ3v) is 3.34. The van der Waals surface area contributed by atoms with Crippen molar-refractivity contribution >= 4 is 22.9 Å². The first kappa shape index (κ1) is 10.1. The number of alkyl halides is 1. The number of hydrogen-bond donors (Lipinski definition) is 0. The second-order valence-corrected chi connectivity index (χ2v) is 4.65. The van der Waals surface area contributed by atoms with Crippen LogP contribution in [0.1, 0.15) is 25.8 Å². The third-order valence-electron chi connectivity index (χ3n) is 2.25. The Balaban J connectivity index is 2.48. The first-order chi connectivity index (χ1) is 5.74. The van der Waals surface area contributed by atoms with E-state index < -0.39 is 0 Å². The van der Waals surface area contributed by atoms with Crippen molar-refractivity contribution in [3.05, 3.63) is 22.4 Å². The molecule has 2 heteroatoms. The molecule has 0 aliphatic rings. The van der Waals surface area contributed by atoms with E-state index in [9.17, 15) is 0 Å². The van der Waals surface area contributed by atoms with Gasteiger partial charge >= 0.3 is 0 Å². The second-order valence-electron chi connectivity index (χ2n) is 3.18. The Labute approximate surface area is 83.6 Å². The summed E-state index contributed by atoms with van der Waals surface area (Å²) in [5.41, 5.74) is 1.43. The number of rotatable bonds is 4. The summed E-state index contributed by atoms with van der Waals surface area (Å²) in [5, 5.41) is 4.62. The SMILES string of the molecule is CCC(Cc1ccsc1)C(C)Cl. The molecule has 0 N–H and O–H groups in total. The molecule has 0 saturated carbocycles. The van der Waals surface area contributed by atoms with Crippen molar-refractivity contribution in [3.8, 4) is 0 Å². The Morgan fingerprint density at radius 3 is 2.75 bits per heavy atom. The zero-order valence-electron chi connectivity index (χ0n) is 7.59. The summed E-state index contributed by atoms with van der Waals surface area (Å²) in [7, 11) is 0. The van der Waals surface area contributed by atoms with Gasteiger partial charge in [0.1, 0.15) is 0 Å². The summed E-state index contributed by atoms with van der Waals surface area (Å²) in [5.74, 6) is 0.626. The van der Waals surface area contributed by atoms with Crippen LogP contribution in [0.15, 0.2) is 16.8 Å². The molecule has 0 fully saturated rings. The summed E-state index contributed by atoms with van der Waals surface area (Å²) in [4.78, 5) is 0. The second kappa shape index (κ2) is 4.88. The van der Waals surface area contributed by atoms with Gasteiger partial charge in [-0.3, -0.25) is 0 Å². The highest BCUT2D eigenvalue weighted by atomic mass is 35.5. The van der Waals surface area contributed by atoms with Crippen LogP contribution in [0.25, 0.3) is 0 Å². The first-order valence-corrected chi connectivity index (χ1v) is 5.77. The van der Waals surface area contributed by atoms with Gasteiger partial charge in [-0.2, -0.15) is 11.3 Å². The largest absolute Gasteiger partial charge is 0.152 e. The number of thiophene rings is 1. The van der Waals surface area contributed by atoms with Crippen molar-refractivity contribution in [2.75, 3.05) is 0 Å². The van der Waals surface area contributed by atoms with Gasteiger partial charge in [-0.15, -0.1) is 11.6 Å². The van der Waals surface area contributed by atoms with Crippen LogP contribution in [-0.2, 0) is 6.42 Å². The normalized spacial score (nSPS) is 15.9. The van der Waals surface area contributed by atoms with Gasteiger partial charge in [0, 0.05) is 5.38 Å². The molecule has 0 spiro atoms. The van der Waals surface area contributed by atoms with Crippen molar-refractivity contribution in [1.82, 2.24) is 0 Å². The summed E-state index contributed by atoms with van der Waals surface area (Å²) in [6.45, 7) is 4.29. The highest BCUT2D eigenvalue weighted by Crippen LogP contribution is 2.20. The van der Waals surface area contributed by atoms with Crippen molar-refractivity contribution in [2.24, 2.45) is 5.92 Å². The van der Waals surface area contributed by atoms with E-state index in [2.05, 4.69) is 30.7 Å². The molecule has 0 aliphatic heterocycles. The molecule has 68 valence electrons. The zero-order valence-corrected chi connectivity index (χ0v) is 9.16. The monoisotopic (exact) mass is 202 g/mol. The fourth-order valence-corrected chi connectivity index (χ4v) is 2.29. The lowest BCUT2D eigenvalue weighted by molar-refractivity contribution is 0.498. The molecular weight excluding hydrogens is 188 g/mol. The van der Waals surface area contributed by atoms with Crippen LogP contribution in [0.2, 0.25) is 0 Å². The van der Waals surface area contributed by atoms with Crippen LogP contribution < -0.4 is 0 Å². The lowest BCUT2D eigenvalue weighted by Gasteiger charge is -2.15. The molecule has 1 aromatic heterocycles. The van der Waals surface area contributed by atoms with E-state index in [1.165, 1.54) is 12.0 Å². The average molecular weight is 203 g/mol. The minimum Gasteiger partial charge on any atom is -0.152 e. The predicted octanol–water partition coefficient (Wildman–Crippen LogP) is 3.94. The number of halogens is 1. The molecule has 1 aromatic rings. The van der Waals surface area contributed by atoms with Crippen LogP contribution in [0.4, 0.5) is 0 Å². The molecule has 12 heavy (non-hydrogen) atoms. The topological polar surface area (TPSA) is 0 Å². The smallest absolute Gasteiger partial charge is 0.0339 e. The third kappa shape index (κ3) is 2.80. The van der Waals surface area contributed by atoms with Gasteiger partial charge in [-0.25, -0.2) is 0 Å². The molecule has 0 nitrogen and oxygen atoms in total. The Morgan fingerprint density at radius 2 is 2.33 bits per heavy atom. The Kier molecular flexibility index (Phi) is 4.10. The van der Waals surface area contributed by atoms with Gasteiger partial charge in [0.15, 0.2) is 0 Å². The van der Waals surface area contributed by atoms with E-state index in [-0.39, 0.29) is 5.38 Å². The highest BCUT2D eigenvalue weighted by Gasteiger charge is 2.13. The van der Waals surface area contributed by atoms with Crippen molar-refractivity contribution in [1.29, 1.82) is 0 Å². The molecular formula is C10H15ClS. The van der Waals surface area contributed by atoms with Gasteiger partial charge < -0.3 is 0 Å². The Hall–Kier alpha value is -0.0100. The molecule has 0 aliphatic carbocycles. The lowest BCUT2D eigenvalue weighted by Crippen LogP contribution is -2.12. The lowest BCUT2D eigenvalue weighted by atomic mass is 9.96. The van der Waals surface area contributed by atoms with Gasteiger partial charge in [0.2, 0.25) is 0 Å². The average Bonchev–Trinajstić information content (AvgIpc) is 2.51. The van der Waals surface area contributed by atoms with E-state index in [1.54, 1.807) is 11.3 Å². The van der Waals surface area contributed by atoms with Gasteiger partial charge in [-0.1, -0.05) is 13.3 Å². The summed E-state index contributed by atoms with van der Waals surface area (Å²) >= 11 is 7.82. The quantitative estimate of drug-likeness (QED) is 0.649. The van der Waals surface area contributed by atoms with Crippen molar-refractivity contribution < 1.29 is 0 Å². The highest BCUT2D eigenvalue weighted by molar-refractivity contribution is 7.07. The van der Waals surface area contributed by atoms with E-state index in [1.807, 2.05) is 0 Å². The molecule has 2 unspecified atom stereocenters. The number of hydrogen-bond acceptors (Lipinski definition) is 1. The summed E-state index contributed by atoms with van der Waals surface area (Å²) in [6, 6.07) is 2.19. The summed E-state index contributed by atoms with van der Waals surface area (Å²) in [6.07, 6.45) is 2.30. The molecule has 1 rings (SSSR count).